The molecule has 1 saturated carbocycles. The summed E-state index contributed by atoms with van der Waals surface area (Å²) in [5.74, 6) is 0.265. The van der Waals surface area contributed by atoms with Crippen LogP contribution in [0.2, 0.25) is 0 Å². The number of pyridine rings is 1. The van der Waals surface area contributed by atoms with Crippen LogP contribution in [0.3, 0.4) is 0 Å². The number of carbonyl (C=O) groups is 2. The van der Waals surface area contributed by atoms with Gasteiger partial charge >= 0.3 is 18.3 Å². The fourth-order valence-corrected chi connectivity index (χ4v) is 5.37. The van der Waals surface area contributed by atoms with Gasteiger partial charge in [-0.3, -0.25) is 4.98 Å². The van der Waals surface area contributed by atoms with E-state index >= 15 is 0 Å². The SMILES string of the molecule is N#Cc1cc(C(F)(F)F)ncc1CC1CC2(C1)CN(C(=O)N1CC3(COC(=O)N3)C1)C2. The highest BCUT2D eigenvalue weighted by Crippen LogP contribution is 2.53. The molecule has 4 aliphatic rings. The Hall–Kier alpha value is -3.03. The van der Waals surface area contributed by atoms with Crippen molar-refractivity contribution in [2.45, 2.75) is 31.0 Å². The third-order valence-corrected chi connectivity index (χ3v) is 6.78. The molecule has 4 fully saturated rings. The maximum atomic E-state index is 12.8. The van der Waals surface area contributed by atoms with Crippen molar-refractivity contribution in [3.8, 4) is 6.07 Å². The van der Waals surface area contributed by atoms with Gasteiger partial charge in [0.05, 0.1) is 24.7 Å². The van der Waals surface area contributed by atoms with Gasteiger partial charge < -0.3 is 19.9 Å². The number of nitrogens with one attached hydrogen (secondary N) is 1. The molecule has 0 atom stereocenters. The Balaban J connectivity index is 1.11. The molecule has 2 spiro atoms. The van der Waals surface area contributed by atoms with E-state index in [4.69, 9.17) is 4.74 Å². The lowest BCUT2D eigenvalue weighted by Gasteiger charge is -2.61. The molecule has 0 bridgehead atoms. The number of aromatic nitrogens is 1. The predicted octanol–water partition coefficient (Wildman–Crippen LogP) is 2.14. The third kappa shape index (κ3) is 3.34. The van der Waals surface area contributed by atoms with Gasteiger partial charge in [-0.05, 0) is 36.8 Å². The summed E-state index contributed by atoms with van der Waals surface area (Å²) in [7, 11) is 0. The standard InChI is InChI=1S/C20H20F3N5O3/c21-20(22,23)15-2-13(5-24)14(6-25-15)1-12-3-18(4-12)7-27(8-18)17(30)28-9-19(10-28)11-31-16(29)26-19/h2,6,12H,1,3-4,7-11H2,(H,26,29). The summed E-state index contributed by atoms with van der Waals surface area (Å²) in [6.07, 6.45) is -1.60. The fourth-order valence-electron chi connectivity index (χ4n) is 5.37. The number of alkyl halides is 3. The van der Waals surface area contributed by atoms with E-state index in [1.54, 1.807) is 9.80 Å². The molecule has 11 heteroatoms. The lowest BCUT2D eigenvalue weighted by atomic mass is 9.56. The number of alkyl carbamates (subject to hydrolysis) is 1. The maximum Gasteiger partial charge on any atom is 0.433 e. The number of hydrogen-bond acceptors (Lipinski definition) is 5. The van der Waals surface area contributed by atoms with Crippen LogP contribution in [-0.4, -0.2) is 65.2 Å². The van der Waals surface area contributed by atoms with Gasteiger partial charge in [-0.1, -0.05) is 0 Å². The zero-order valence-electron chi connectivity index (χ0n) is 16.5. The Morgan fingerprint density at radius 2 is 1.97 bits per heavy atom. The zero-order valence-corrected chi connectivity index (χ0v) is 16.5. The summed E-state index contributed by atoms with van der Waals surface area (Å²) in [5, 5.41) is 12.0. The molecule has 8 nitrogen and oxygen atoms in total. The van der Waals surface area contributed by atoms with E-state index in [9.17, 15) is 28.0 Å². The van der Waals surface area contributed by atoms with Crippen LogP contribution in [0.25, 0.3) is 0 Å². The largest absolute Gasteiger partial charge is 0.447 e. The van der Waals surface area contributed by atoms with E-state index in [2.05, 4.69) is 10.3 Å². The van der Waals surface area contributed by atoms with Gasteiger partial charge in [0.2, 0.25) is 0 Å². The average molecular weight is 435 g/mol. The molecule has 3 aliphatic heterocycles. The number of carbonyl (C=O) groups excluding carboxylic acids is 2. The lowest BCUT2D eigenvalue weighted by molar-refractivity contribution is -0.141. The minimum absolute atomic E-state index is 0.0170. The van der Waals surface area contributed by atoms with Gasteiger partial charge in [0.1, 0.15) is 17.8 Å². The summed E-state index contributed by atoms with van der Waals surface area (Å²) in [6.45, 7) is 2.49. The second-order valence-corrected chi connectivity index (χ2v) is 9.29. The lowest BCUT2D eigenvalue weighted by Crippen LogP contribution is -2.74. The molecule has 1 aliphatic carbocycles. The molecule has 0 unspecified atom stereocenters. The Morgan fingerprint density at radius 3 is 2.55 bits per heavy atom. The van der Waals surface area contributed by atoms with E-state index in [1.807, 2.05) is 6.07 Å². The quantitative estimate of drug-likeness (QED) is 0.768. The first-order valence-electron chi connectivity index (χ1n) is 10.1. The number of amides is 3. The van der Waals surface area contributed by atoms with E-state index in [1.165, 1.54) is 0 Å². The van der Waals surface area contributed by atoms with Gasteiger partial charge in [0.15, 0.2) is 0 Å². The third-order valence-electron chi connectivity index (χ3n) is 6.78. The highest BCUT2D eigenvalue weighted by molar-refractivity contribution is 5.78. The monoisotopic (exact) mass is 435 g/mol. The van der Waals surface area contributed by atoms with Crippen molar-refractivity contribution in [2.24, 2.45) is 11.3 Å². The van der Waals surface area contributed by atoms with Gasteiger partial charge in [-0.25, -0.2) is 9.59 Å². The van der Waals surface area contributed by atoms with Crippen LogP contribution in [0, 0.1) is 22.7 Å². The maximum absolute atomic E-state index is 12.8. The van der Waals surface area contributed by atoms with Gasteiger partial charge in [0, 0.05) is 24.7 Å². The summed E-state index contributed by atoms with van der Waals surface area (Å²) < 4.78 is 43.3. The highest BCUT2D eigenvalue weighted by Gasteiger charge is 2.57. The van der Waals surface area contributed by atoms with Crippen LogP contribution in [0.1, 0.15) is 29.7 Å². The number of hydrogen-bond donors (Lipinski definition) is 1. The van der Waals surface area contributed by atoms with E-state index in [0.29, 0.717) is 38.2 Å². The molecule has 1 aromatic heterocycles. The van der Waals surface area contributed by atoms with Crippen LogP contribution in [0.15, 0.2) is 12.3 Å². The fraction of sp³-hybridized carbons (Fsp3) is 0.600. The van der Waals surface area contributed by atoms with Crippen molar-refractivity contribution < 1.29 is 27.5 Å². The number of likely N-dealkylation sites (tertiary alicyclic amines) is 2. The molecule has 3 amide bonds. The first-order chi connectivity index (χ1) is 14.6. The number of nitriles is 1. The van der Waals surface area contributed by atoms with Crippen LogP contribution in [0.5, 0.6) is 0 Å². The van der Waals surface area contributed by atoms with Crippen molar-refractivity contribution in [3.05, 3.63) is 29.1 Å². The Kier molecular flexibility index (Phi) is 4.16. The highest BCUT2D eigenvalue weighted by atomic mass is 19.4. The summed E-state index contributed by atoms with van der Waals surface area (Å²) in [4.78, 5) is 30.8. The number of rotatable bonds is 2. The van der Waals surface area contributed by atoms with E-state index in [-0.39, 0.29) is 29.5 Å². The Bertz CT molecular complexity index is 985. The minimum Gasteiger partial charge on any atom is -0.447 e. The molecular formula is C20H20F3N5O3. The molecule has 164 valence electrons. The predicted molar refractivity (Wildman–Crippen MR) is 98.6 cm³/mol. The Morgan fingerprint density at radius 1 is 1.29 bits per heavy atom. The summed E-state index contributed by atoms with van der Waals surface area (Å²) in [6, 6.07) is 2.62. The molecule has 31 heavy (non-hydrogen) atoms. The second kappa shape index (κ2) is 6.48. The van der Waals surface area contributed by atoms with E-state index in [0.717, 1.165) is 25.1 Å². The molecule has 3 saturated heterocycles. The summed E-state index contributed by atoms with van der Waals surface area (Å²) >= 11 is 0. The number of ether oxygens (including phenoxy) is 1. The van der Waals surface area contributed by atoms with E-state index < -0.39 is 23.5 Å². The molecule has 1 N–H and O–H groups in total. The molecule has 0 radical (unpaired) electrons. The minimum atomic E-state index is -4.57. The van der Waals surface area contributed by atoms with Crippen molar-refractivity contribution in [3.63, 3.8) is 0 Å². The normalized spacial score (nSPS) is 23.5. The summed E-state index contributed by atoms with van der Waals surface area (Å²) in [5.41, 5.74) is -0.870. The first kappa shape index (κ1) is 19.9. The van der Waals surface area contributed by atoms with Crippen LogP contribution >= 0.6 is 0 Å². The van der Waals surface area contributed by atoms with Crippen LogP contribution in [0.4, 0.5) is 22.8 Å². The zero-order chi connectivity index (χ0) is 22.0. The van der Waals surface area contributed by atoms with Crippen molar-refractivity contribution in [2.75, 3.05) is 32.8 Å². The van der Waals surface area contributed by atoms with Crippen molar-refractivity contribution in [1.29, 1.82) is 5.26 Å². The van der Waals surface area contributed by atoms with Crippen LogP contribution in [-0.2, 0) is 17.3 Å². The van der Waals surface area contributed by atoms with Gasteiger partial charge in [-0.15, -0.1) is 0 Å². The van der Waals surface area contributed by atoms with Crippen LogP contribution < -0.4 is 5.32 Å². The first-order valence-corrected chi connectivity index (χ1v) is 10.1. The van der Waals surface area contributed by atoms with Gasteiger partial charge in [0.25, 0.3) is 0 Å². The number of halogens is 3. The Labute approximate surface area is 175 Å². The topological polar surface area (TPSA) is 98.6 Å². The average Bonchev–Trinajstić information content (AvgIpc) is 3.02. The number of cyclic esters (lactones) is 1. The number of urea groups is 1. The molecule has 4 heterocycles. The van der Waals surface area contributed by atoms with Crippen molar-refractivity contribution >= 4 is 12.1 Å². The van der Waals surface area contributed by atoms with Gasteiger partial charge in [-0.2, -0.15) is 18.4 Å². The second-order valence-electron chi connectivity index (χ2n) is 9.29. The molecule has 1 aromatic rings. The van der Waals surface area contributed by atoms with Crippen molar-refractivity contribution in [1.82, 2.24) is 20.1 Å². The molecular weight excluding hydrogens is 415 g/mol. The number of nitrogens with zero attached hydrogens (tertiary/aromatic N) is 4. The molecule has 5 rings (SSSR count). The molecule has 0 aromatic carbocycles. The smallest absolute Gasteiger partial charge is 0.433 e.